The summed E-state index contributed by atoms with van der Waals surface area (Å²) in [5.41, 5.74) is 0. The van der Waals surface area contributed by atoms with Crippen molar-refractivity contribution in [3.8, 4) is 0 Å². The van der Waals surface area contributed by atoms with Crippen LogP contribution in [0, 0.1) is 11.8 Å². The molecule has 452 valence electrons. The molecule has 0 saturated heterocycles. The lowest BCUT2D eigenvalue weighted by Crippen LogP contribution is -2.30. The van der Waals surface area contributed by atoms with Crippen LogP contribution >= 0.6 is 0 Å². The highest BCUT2D eigenvalue weighted by molar-refractivity contribution is 5.71. The minimum atomic E-state index is -0.765. The summed E-state index contributed by atoms with van der Waals surface area (Å²) < 4.78 is 17.0. The predicted molar refractivity (Wildman–Crippen MR) is 330 cm³/mol. The fourth-order valence-electron chi connectivity index (χ4n) is 11.0. The Morgan fingerprint density at radius 3 is 0.750 bits per heavy atom. The topological polar surface area (TPSA) is 78.9 Å². The van der Waals surface area contributed by atoms with Crippen LogP contribution in [0.1, 0.15) is 401 Å². The van der Waals surface area contributed by atoms with E-state index in [1.807, 2.05) is 0 Å². The largest absolute Gasteiger partial charge is 0.462 e. The molecule has 0 radical (unpaired) electrons. The maximum Gasteiger partial charge on any atom is 0.306 e. The van der Waals surface area contributed by atoms with E-state index in [4.69, 9.17) is 14.2 Å². The van der Waals surface area contributed by atoms with Gasteiger partial charge in [0.25, 0.3) is 0 Å². The lowest BCUT2D eigenvalue weighted by Gasteiger charge is -2.18. The van der Waals surface area contributed by atoms with Crippen molar-refractivity contribution in [1.29, 1.82) is 0 Å². The molecule has 0 N–H and O–H groups in total. The molecule has 0 aromatic heterocycles. The van der Waals surface area contributed by atoms with Crippen LogP contribution in [0.4, 0.5) is 0 Å². The van der Waals surface area contributed by atoms with Crippen molar-refractivity contribution in [2.45, 2.75) is 407 Å². The molecular formula is C70H136O6. The van der Waals surface area contributed by atoms with Gasteiger partial charge in [0.15, 0.2) is 6.10 Å². The second-order valence-electron chi connectivity index (χ2n) is 24.9. The molecular weight excluding hydrogens is 937 g/mol. The van der Waals surface area contributed by atoms with E-state index in [1.165, 1.54) is 289 Å². The molecule has 0 rings (SSSR count). The van der Waals surface area contributed by atoms with Crippen LogP contribution in [0.2, 0.25) is 0 Å². The van der Waals surface area contributed by atoms with E-state index in [2.05, 4.69) is 34.6 Å². The Morgan fingerprint density at radius 1 is 0.276 bits per heavy atom. The van der Waals surface area contributed by atoms with Gasteiger partial charge in [0.05, 0.1) is 0 Å². The van der Waals surface area contributed by atoms with Crippen LogP contribution < -0.4 is 0 Å². The van der Waals surface area contributed by atoms with Gasteiger partial charge >= 0.3 is 17.9 Å². The molecule has 6 heteroatoms. The number of hydrogen-bond donors (Lipinski definition) is 0. The first kappa shape index (κ1) is 74.4. The number of carbonyl (C=O) groups excluding carboxylic acids is 3. The number of rotatable bonds is 64. The molecule has 2 atom stereocenters. The summed E-state index contributed by atoms with van der Waals surface area (Å²) in [6, 6.07) is 0. The van der Waals surface area contributed by atoms with Gasteiger partial charge in [-0.25, -0.2) is 0 Å². The van der Waals surface area contributed by atoms with Crippen molar-refractivity contribution in [2.75, 3.05) is 13.2 Å². The maximum atomic E-state index is 13.0. The quantitative estimate of drug-likeness (QED) is 0.0343. The first-order valence-electron chi connectivity index (χ1n) is 34.8. The second kappa shape index (κ2) is 62.6. The van der Waals surface area contributed by atoms with Crippen molar-refractivity contribution >= 4 is 17.9 Å². The van der Waals surface area contributed by atoms with Crippen molar-refractivity contribution in [1.82, 2.24) is 0 Å². The summed E-state index contributed by atoms with van der Waals surface area (Å²) in [4.78, 5) is 38.4. The summed E-state index contributed by atoms with van der Waals surface area (Å²) in [5, 5.41) is 0. The van der Waals surface area contributed by atoms with Crippen LogP contribution in [-0.2, 0) is 28.6 Å². The third-order valence-electron chi connectivity index (χ3n) is 16.6. The molecule has 0 bridgehead atoms. The summed E-state index contributed by atoms with van der Waals surface area (Å²) in [5.74, 6) is 0.929. The first-order chi connectivity index (χ1) is 37.3. The number of carbonyl (C=O) groups is 3. The van der Waals surface area contributed by atoms with Crippen LogP contribution in [0.3, 0.4) is 0 Å². The highest BCUT2D eigenvalue weighted by Crippen LogP contribution is 2.20. The first-order valence-corrected chi connectivity index (χ1v) is 34.8. The van der Waals surface area contributed by atoms with Gasteiger partial charge in [0.2, 0.25) is 0 Å². The summed E-state index contributed by atoms with van der Waals surface area (Å²) in [7, 11) is 0. The number of hydrogen-bond acceptors (Lipinski definition) is 6. The molecule has 0 aromatic rings. The molecule has 0 aromatic carbocycles. The molecule has 0 aliphatic heterocycles. The Balaban J connectivity index is 4.27. The lowest BCUT2D eigenvalue weighted by molar-refractivity contribution is -0.167. The Hall–Kier alpha value is -1.59. The van der Waals surface area contributed by atoms with E-state index in [9.17, 15) is 14.4 Å². The highest BCUT2D eigenvalue weighted by atomic mass is 16.6. The Labute approximate surface area is 476 Å². The molecule has 1 unspecified atom stereocenters. The number of unbranched alkanes of at least 4 members (excludes halogenated alkanes) is 48. The van der Waals surface area contributed by atoms with Gasteiger partial charge in [-0.2, -0.15) is 0 Å². The van der Waals surface area contributed by atoms with Gasteiger partial charge in [0.1, 0.15) is 13.2 Å². The third kappa shape index (κ3) is 61.6. The molecule has 76 heavy (non-hydrogen) atoms. The zero-order valence-corrected chi connectivity index (χ0v) is 52.4. The van der Waals surface area contributed by atoms with Gasteiger partial charge < -0.3 is 14.2 Å². The number of ether oxygens (including phenoxy) is 3. The fraction of sp³-hybridized carbons (Fsp3) is 0.957. The highest BCUT2D eigenvalue weighted by Gasteiger charge is 2.20. The normalized spacial score (nSPS) is 12.4. The average molecular weight is 1070 g/mol. The summed E-state index contributed by atoms with van der Waals surface area (Å²) >= 11 is 0. The van der Waals surface area contributed by atoms with Crippen LogP contribution in [0.5, 0.6) is 0 Å². The molecule has 0 heterocycles. The summed E-state index contributed by atoms with van der Waals surface area (Å²) in [6.07, 6.45) is 71.1. The maximum absolute atomic E-state index is 13.0. The van der Waals surface area contributed by atoms with Crippen molar-refractivity contribution in [3.63, 3.8) is 0 Å². The van der Waals surface area contributed by atoms with Gasteiger partial charge in [-0.05, 0) is 31.1 Å². The molecule has 0 amide bonds. The van der Waals surface area contributed by atoms with E-state index < -0.39 is 6.10 Å². The van der Waals surface area contributed by atoms with Crippen LogP contribution in [-0.4, -0.2) is 37.2 Å². The smallest absolute Gasteiger partial charge is 0.306 e. The Kier molecular flexibility index (Phi) is 61.3. The van der Waals surface area contributed by atoms with Crippen LogP contribution in [0.25, 0.3) is 0 Å². The molecule has 6 nitrogen and oxygen atoms in total. The molecule has 0 saturated carbocycles. The van der Waals surface area contributed by atoms with Crippen molar-refractivity contribution in [3.05, 3.63) is 0 Å². The predicted octanol–water partition coefficient (Wildman–Crippen LogP) is 23.6. The van der Waals surface area contributed by atoms with Gasteiger partial charge in [-0.15, -0.1) is 0 Å². The molecule has 0 aliphatic carbocycles. The monoisotopic (exact) mass is 1070 g/mol. The Morgan fingerprint density at radius 2 is 0.500 bits per heavy atom. The van der Waals surface area contributed by atoms with E-state index in [-0.39, 0.29) is 31.1 Å². The minimum absolute atomic E-state index is 0.0613. The van der Waals surface area contributed by atoms with Gasteiger partial charge in [0, 0.05) is 19.3 Å². The lowest BCUT2D eigenvalue weighted by atomic mass is 9.99. The number of esters is 3. The molecule has 0 fully saturated rings. The zero-order chi connectivity index (χ0) is 55.3. The zero-order valence-electron chi connectivity index (χ0n) is 52.4. The van der Waals surface area contributed by atoms with Crippen molar-refractivity contribution in [2.24, 2.45) is 11.8 Å². The fourth-order valence-corrected chi connectivity index (χ4v) is 11.0. The van der Waals surface area contributed by atoms with Gasteiger partial charge in [-0.1, -0.05) is 362 Å². The van der Waals surface area contributed by atoms with E-state index in [0.29, 0.717) is 19.3 Å². The van der Waals surface area contributed by atoms with Crippen molar-refractivity contribution < 1.29 is 28.6 Å². The van der Waals surface area contributed by atoms with E-state index in [0.717, 1.165) is 69.6 Å². The van der Waals surface area contributed by atoms with E-state index >= 15 is 0 Å². The van der Waals surface area contributed by atoms with Crippen LogP contribution in [0.15, 0.2) is 0 Å². The summed E-state index contributed by atoms with van der Waals surface area (Å²) in [6.45, 7) is 11.5. The SMILES string of the molecule is CCCCCCCCCCCCCCCCCCCCCC(=O)OC[C@@H](COC(=O)CCCCCCCCCCCCCCCCC(C)C)OC(=O)CCCCCCCCCCCCCCCCCCCCC(C)CC. The standard InChI is InChI=1S/C70H136O6/c1-6-8-9-10-11-12-13-14-15-16-17-21-24-30-35-40-45-50-55-60-68(71)74-63-67(64-75-69(72)61-56-51-46-41-36-31-27-26-28-33-38-43-48-53-58-65(3)4)76-70(73)62-57-52-47-42-37-32-25-22-19-18-20-23-29-34-39-44-49-54-59-66(5)7-2/h65-67H,6-64H2,1-5H3/t66?,67-/m0/s1. The molecule has 0 aliphatic rings. The Bertz CT molecular complexity index is 1170. The molecule has 0 spiro atoms. The second-order valence-corrected chi connectivity index (χ2v) is 24.9. The third-order valence-corrected chi connectivity index (χ3v) is 16.6. The van der Waals surface area contributed by atoms with Gasteiger partial charge in [-0.3, -0.25) is 14.4 Å². The average Bonchev–Trinajstić information content (AvgIpc) is 3.41. The van der Waals surface area contributed by atoms with E-state index in [1.54, 1.807) is 0 Å². The minimum Gasteiger partial charge on any atom is -0.462 e.